The Hall–Kier alpha value is -1.80. The van der Waals surface area contributed by atoms with Gasteiger partial charge in [0.1, 0.15) is 0 Å². The number of anilines is 1. The lowest BCUT2D eigenvalue weighted by Gasteiger charge is -2.18. The summed E-state index contributed by atoms with van der Waals surface area (Å²) in [5.41, 5.74) is 10.7. The number of nitrogens with two attached hydrogens (primary N) is 1. The van der Waals surface area contributed by atoms with Crippen molar-refractivity contribution in [2.75, 3.05) is 19.3 Å². The van der Waals surface area contributed by atoms with Crippen LogP contribution in [0.25, 0.3) is 0 Å². The van der Waals surface area contributed by atoms with Crippen molar-refractivity contribution in [1.82, 2.24) is 4.90 Å². The fourth-order valence-corrected chi connectivity index (χ4v) is 2.23. The third-order valence-electron chi connectivity index (χ3n) is 3.43. The average molecular weight is 254 g/mol. The monoisotopic (exact) mass is 254 g/mol. The van der Waals surface area contributed by atoms with Gasteiger partial charge in [-0.05, 0) is 49.2 Å². The molecule has 0 fully saturated rings. The zero-order valence-electron chi connectivity index (χ0n) is 11.8. The molecule has 0 aliphatic heterocycles. The van der Waals surface area contributed by atoms with E-state index in [4.69, 9.17) is 5.73 Å². The molecular weight excluding hydrogens is 232 g/mol. The summed E-state index contributed by atoms with van der Waals surface area (Å²) in [4.78, 5) is 2.35. The molecule has 0 radical (unpaired) electrons. The number of nitrogens with zero attached hydrogens (tertiary/aromatic N) is 1. The van der Waals surface area contributed by atoms with Crippen LogP contribution in [-0.4, -0.2) is 18.5 Å². The Balaban J connectivity index is 1.88. The molecule has 2 aromatic carbocycles. The molecule has 0 amide bonds. The highest BCUT2D eigenvalue weighted by Gasteiger charge is 2.03. The van der Waals surface area contributed by atoms with Crippen molar-refractivity contribution < 1.29 is 0 Å². The van der Waals surface area contributed by atoms with Crippen LogP contribution in [0.3, 0.4) is 0 Å². The minimum absolute atomic E-state index is 0.846. The van der Waals surface area contributed by atoms with Gasteiger partial charge in [-0.1, -0.05) is 36.4 Å². The highest BCUT2D eigenvalue weighted by atomic mass is 15.1. The molecule has 2 nitrogen and oxygen atoms in total. The molecule has 0 aromatic heterocycles. The first-order chi connectivity index (χ1) is 9.15. The summed E-state index contributed by atoms with van der Waals surface area (Å²) in [6.45, 7) is 4.20. The molecule has 0 bridgehead atoms. The van der Waals surface area contributed by atoms with E-state index in [-0.39, 0.29) is 0 Å². The third kappa shape index (κ3) is 4.11. The predicted molar refractivity (Wildman–Crippen MR) is 82.1 cm³/mol. The molecule has 19 heavy (non-hydrogen) atoms. The summed E-state index contributed by atoms with van der Waals surface area (Å²) in [5.74, 6) is 0. The van der Waals surface area contributed by atoms with Crippen LogP contribution in [0.2, 0.25) is 0 Å². The maximum atomic E-state index is 5.79. The van der Waals surface area contributed by atoms with Crippen molar-refractivity contribution in [3.05, 3.63) is 65.2 Å². The Kier molecular flexibility index (Phi) is 4.58. The summed E-state index contributed by atoms with van der Waals surface area (Å²) in [6.07, 6.45) is 1.04. The zero-order valence-corrected chi connectivity index (χ0v) is 11.8. The van der Waals surface area contributed by atoms with E-state index in [0.717, 1.165) is 25.2 Å². The summed E-state index contributed by atoms with van der Waals surface area (Å²) < 4.78 is 0. The SMILES string of the molecule is Cc1ccccc1CN(C)CCc1cccc(N)c1. The Labute approximate surface area is 115 Å². The summed E-state index contributed by atoms with van der Waals surface area (Å²) >= 11 is 0. The number of nitrogen functional groups attached to an aromatic ring is 1. The minimum Gasteiger partial charge on any atom is -0.399 e. The highest BCUT2D eigenvalue weighted by Crippen LogP contribution is 2.11. The Bertz CT molecular complexity index is 534. The van der Waals surface area contributed by atoms with Gasteiger partial charge < -0.3 is 10.6 Å². The van der Waals surface area contributed by atoms with Gasteiger partial charge in [0.05, 0.1) is 0 Å². The third-order valence-corrected chi connectivity index (χ3v) is 3.43. The molecule has 0 aliphatic carbocycles. The summed E-state index contributed by atoms with van der Waals surface area (Å²) in [5, 5.41) is 0. The molecule has 2 rings (SSSR count). The van der Waals surface area contributed by atoms with E-state index in [1.54, 1.807) is 0 Å². The van der Waals surface area contributed by atoms with Crippen molar-refractivity contribution in [1.29, 1.82) is 0 Å². The molecule has 0 unspecified atom stereocenters. The molecular formula is C17H22N2. The molecule has 100 valence electrons. The Morgan fingerprint density at radius 1 is 1.05 bits per heavy atom. The van der Waals surface area contributed by atoms with E-state index >= 15 is 0 Å². The fourth-order valence-electron chi connectivity index (χ4n) is 2.23. The van der Waals surface area contributed by atoms with Crippen LogP contribution < -0.4 is 5.73 Å². The van der Waals surface area contributed by atoms with Crippen molar-refractivity contribution in [3.63, 3.8) is 0 Å². The molecule has 2 heteroatoms. The number of likely N-dealkylation sites (N-methyl/N-ethyl adjacent to an activating group) is 1. The van der Waals surface area contributed by atoms with Gasteiger partial charge in [0, 0.05) is 18.8 Å². The summed E-state index contributed by atoms with van der Waals surface area (Å²) in [7, 11) is 2.17. The van der Waals surface area contributed by atoms with Crippen molar-refractivity contribution in [2.45, 2.75) is 19.9 Å². The lowest BCUT2D eigenvalue weighted by molar-refractivity contribution is 0.330. The van der Waals surface area contributed by atoms with Crippen LogP contribution in [0.1, 0.15) is 16.7 Å². The van der Waals surface area contributed by atoms with Crippen LogP contribution in [-0.2, 0) is 13.0 Å². The van der Waals surface area contributed by atoms with Gasteiger partial charge in [0.15, 0.2) is 0 Å². The van der Waals surface area contributed by atoms with E-state index in [9.17, 15) is 0 Å². The Morgan fingerprint density at radius 2 is 1.84 bits per heavy atom. The first-order valence-electron chi connectivity index (χ1n) is 6.72. The van der Waals surface area contributed by atoms with Gasteiger partial charge in [0.25, 0.3) is 0 Å². The lowest BCUT2D eigenvalue weighted by Crippen LogP contribution is -2.21. The number of benzene rings is 2. The molecule has 0 atom stereocenters. The Morgan fingerprint density at radius 3 is 2.58 bits per heavy atom. The summed E-state index contributed by atoms with van der Waals surface area (Å²) in [6, 6.07) is 16.7. The predicted octanol–water partition coefficient (Wildman–Crippen LogP) is 3.25. The van der Waals surface area contributed by atoms with Gasteiger partial charge in [-0.3, -0.25) is 0 Å². The molecule has 0 heterocycles. The maximum Gasteiger partial charge on any atom is 0.0316 e. The first kappa shape index (κ1) is 13.6. The largest absolute Gasteiger partial charge is 0.399 e. The van der Waals surface area contributed by atoms with Crippen LogP contribution in [0.4, 0.5) is 5.69 Å². The van der Waals surface area contributed by atoms with E-state index < -0.39 is 0 Å². The van der Waals surface area contributed by atoms with Gasteiger partial charge in [0.2, 0.25) is 0 Å². The molecule has 0 spiro atoms. The average Bonchev–Trinajstić information content (AvgIpc) is 2.39. The van der Waals surface area contributed by atoms with Crippen LogP contribution in [0, 0.1) is 6.92 Å². The molecule has 0 saturated carbocycles. The van der Waals surface area contributed by atoms with E-state index in [1.807, 2.05) is 12.1 Å². The number of rotatable bonds is 5. The number of aryl methyl sites for hydroxylation is 1. The molecule has 0 aliphatic rings. The highest BCUT2D eigenvalue weighted by molar-refractivity contribution is 5.40. The minimum atomic E-state index is 0.846. The quantitative estimate of drug-likeness (QED) is 0.830. The van der Waals surface area contributed by atoms with Crippen LogP contribution in [0.15, 0.2) is 48.5 Å². The van der Waals surface area contributed by atoms with Gasteiger partial charge in [-0.2, -0.15) is 0 Å². The molecule has 0 saturated heterocycles. The number of hydrogen-bond donors (Lipinski definition) is 1. The maximum absolute atomic E-state index is 5.79. The van der Waals surface area contributed by atoms with Crippen molar-refractivity contribution in [2.24, 2.45) is 0 Å². The van der Waals surface area contributed by atoms with Crippen LogP contribution >= 0.6 is 0 Å². The fraction of sp³-hybridized carbons (Fsp3) is 0.294. The number of hydrogen-bond acceptors (Lipinski definition) is 2. The molecule has 2 aromatic rings. The second-order valence-corrected chi connectivity index (χ2v) is 5.16. The standard InChI is InChI=1S/C17H22N2/c1-14-6-3-4-8-16(14)13-19(2)11-10-15-7-5-9-17(18)12-15/h3-9,12H,10-11,13,18H2,1-2H3. The topological polar surface area (TPSA) is 29.3 Å². The normalized spacial score (nSPS) is 10.9. The van der Waals surface area contributed by atoms with Crippen LogP contribution in [0.5, 0.6) is 0 Å². The lowest BCUT2D eigenvalue weighted by atomic mass is 10.1. The second-order valence-electron chi connectivity index (χ2n) is 5.16. The van der Waals surface area contributed by atoms with Gasteiger partial charge in [-0.25, -0.2) is 0 Å². The zero-order chi connectivity index (χ0) is 13.7. The van der Waals surface area contributed by atoms with E-state index in [0.29, 0.717) is 0 Å². The smallest absolute Gasteiger partial charge is 0.0316 e. The second kappa shape index (κ2) is 6.39. The van der Waals surface area contributed by atoms with Gasteiger partial charge >= 0.3 is 0 Å². The molecule has 2 N–H and O–H groups in total. The van der Waals surface area contributed by atoms with E-state index in [2.05, 4.69) is 55.3 Å². The van der Waals surface area contributed by atoms with Crippen molar-refractivity contribution in [3.8, 4) is 0 Å². The van der Waals surface area contributed by atoms with E-state index in [1.165, 1.54) is 16.7 Å². The van der Waals surface area contributed by atoms with Gasteiger partial charge in [-0.15, -0.1) is 0 Å². The van der Waals surface area contributed by atoms with Crippen molar-refractivity contribution >= 4 is 5.69 Å². The first-order valence-corrected chi connectivity index (χ1v) is 6.72.